The van der Waals surface area contributed by atoms with Crippen LogP contribution in [0.1, 0.15) is 10.4 Å². The lowest BCUT2D eigenvalue weighted by Crippen LogP contribution is -2.38. The van der Waals surface area contributed by atoms with Gasteiger partial charge in [0.2, 0.25) is 5.91 Å². The third-order valence-corrected chi connectivity index (χ3v) is 3.07. The van der Waals surface area contributed by atoms with Crippen LogP contribution in [0.15, 0.2) is 24.3 Å². The summed E-state index contributed by atoms with van der Waals surface area (Å²) in [6.45, 7) is 0.221. The Kier molecular flexibility index (Phi) is 6.01. The summed E-state index contributed by atoms with van der Waals surface area (Å²) in [6.07, 6.45) is 1.56. The van der Waals surface area contributed by atoms with Crippen LogP contribution >= 0.6 is 0 Å². The summed E-state index contributed by atoms with van der Waals surface area (Å²) in [4.78, 5) is 23.0. The summed E-state index contributed by atoms with van der Waals surface area (Å²) in [6, 6.07) is 6.41. The molecule has 19 heavy (non-hydrogen) atoms. The Hall–Kier alpha value is -1.89. The van der Waals surface area contributed by atoms with E-state index in [1.54, 1.807) is 30.5 Å². The molecule has 0 aliphatic carbocycles. The first-order chi connectivity index (χ1) is 8.99. The van der Waals surface area contributed by atoms with Crippen molar-refractivity contribution in [1.29, 1.82) is 0 Å². The van der Waals surface area contributed by atoms with Crippen molar-refractivity contribution < 1.29 is 13.8 Å². The molecule has 7 heteroatoms. The number of hydrogen-bond donors (Lipinski definition) is 3. The van der Waals surface area contributed by atoms with Crippen molar-refractivity contribution >= 4 is 28.3 Å². The van der Waals surface area contributed by atoms with Gasteiger partial charge in [0.1, 0.15) is 0 Å². The largest absolute Gasteiger partial charge is 0.399 e. The van der Waals surface area contributed by atoms with Crippen LogP contribution in [0.25, 0.3) is 0 Å². The predicted molar refractivity (Wildman–Crippen MR) is 75.1 cm³/mol. The minimum absolute atomic E-state index is 0.112. The van der Waals surface area contributed by atoms with Crippen molar-refractivity contribution in [3.63, 3.8) is 0 Å². The molecule has 0 bridgehead atoms. The molecule has 0 heterocycles. The Balaban J connectivity index is 2.31. The van der Waals surface area contributed by atoms with E-state index in [1.807, 2.05) is 0 Å². The van der Waals surface area contributed by atoms with E-state index >= 15 is 0 Å². The van der Waals surface area contributed by atoms with Crippen molar-refractivity contribution in [3.8, 4) is 0 Å². The van der Waals surface area contributed by atoms with Gasteiger partial charge in [0.15, 0.2) is 0 Å². The maximum atomic E-state index is 11.7. The van der Waals surface area contributed by atoms with E-state index in [2.05, 4.69) is 10.6 Å². The number of nitrogens with two attached hydrogens (primary N) is 1. The summed E-state index contributed by atoms with van der Waals surface area (Å²) in [5, 5.41) is 5.05. The number of carbonyl (C=O) groups is 2. The second-order valence-corrected chi connectivity index (χ2v) is 5.49. The molecule has 0 aliphatic heterocycles. The first-order valence-electron chi connectivity index (χ1n) is 5.69. The summed E-state index contributed by atoms with van der Waals surface area (Å²) in [5.74, 6) is -0.249. The van der Waals surface area contributed by atoms with Crippen LogP contribution in [0.4, 0.5) is 5.69 Å². The fraction of sp³-hybridized carbons (Fsp3) is 0.333. The van der Waals surface area contributed by atoms with Gasteiger partial charge in [-0.3, -0.25) is 13.8 Å². The summed E-state index contributed by atoms with van der Waals surface area (Å²) in [5.41, 5.74) is 6.52. The van der Waals surface area contributed by atoms with Gasteiger partial charge in [0.05, 0.1) is 6.54 Å². The molecule has 0 radical (unpaired) electrons. The lowest BCUT2D eigenvalue weighted by Gasteiger charge is -2.06. The molecule has 104 valence electrons. The van der Waals surface area contributed by atoms with Crippen molar-refractivity contribution in [2.45, 2.75) is 0 Å². The van der Waals surface area contributed by atoms with Crippen molar-refractivity contribution in [1.82, 2.24) is 10.6 Å². The molecule has 1 aromatic carbocycles. The zero-order chi connectivity index (χ0) is 14.3. The van der Waals surface area contributed by atoms with E-state index < -0.39 is 10.8 Å². The van der Waals surface area contributed by atoms with Gasteiger partial charge in [-0.05, 0) is 24.3 Å². The smallest absolute Gasteiger partial charge is 0.251 e. The molecule has 1 atom stereocenters. The molecular formula is C12H17N3O3S. The lowest BCUT2D eigenvalue weighted by molar-refractivity contribution is -0.120. The highest BCUT2D eigenvalue weighted by Crippen LogP contribution is 2.04. The quantitative estimate of drug-likeness (QED) is 0.612. The van der Waals surface area contributed by atoms with Crippen LogP contribution < -0.4 is 16.4 Å². The van der Waals surface area contributed by atoms with Crippen LogP contribution in [-0.4, -0.2) is 41.1 Å². The first kappa shape index (κ1) is 15.2. The number of nitrogens with one attached hydrogen (secondary N) is 2. The zero-order valence-corrected chi connectivity index (χ0v) is 11.5. The molecule has 0 saturated heterocycles. The number of amides is 2. The van der Waals surface area contributed by atoms with Gasteiger partial charge in [-0.1, -0.05) is 0 Å². The molecule has 0 aromatic heterocycles. The minimum Gasteiger partial charge on any atom is -0.399 e. The Morgan fingerprint density at radius 3 is 2.42 bits per heavy atom. The van der Waals surface area contributed by atoms with Crippen molar-refractivity contribution in [3.05, 3.63) is 29.8 Å². The summed E-state index contributed by atoms with van der Waals surface area (Å²) < 4.78 is 10.8. The SMILES string of the molecule is CS(=O)CCNC(=O)CNC(=O)c1ccc(N)cc1. The van der Waals surface area contributed by atoms with Crippen molar-refractivity contribution in [2.24, 2.45) is 0 Å². The molecule has 2 amide bonds. The molecule has 0 fully saturated rings. The van der Waals surface area contributed by atoms with Gasteiger partial charge >= 0.3 is 0 Å². The van der Waals surface area contributed by atoms with Gasteiger partial charge in [-0.15, -0.1) is 0 Å². The Labute approximate surface area is 114 Å². The Morgan fingerprint density at radius 1 is 1.21 bits per heavy atom. The second kappa shape index (κ2) is 7.52. The molecule has 0 saturated carbocycles. The standard InChI is InChI=1S/C12H17N3O3S/c1-19(18)7-6-14-11(16)8-15-12(17)9-2-4-10(13)5-3-9/h2-5H,6-8,13H2,1H3,(H,14,16)(H,15,17). The Bertz CT molecular complexity index is 474. The lowest BCUT2D eigenvalue weighted by atomic mass is 10.2. The summed E-state index contributed by atoms with van der Waals surface area (Å²) >= 11 is 0. The monoisotopic (exact) mass is 283 g/mol. The van der Waals surface area contributed by atoms with Gasteiger partial charge in [0, 0.05) is 40.6 Å². The first-order valence-corrected chi connectivity index (χ1v) is 7.42. The predicted octanol–water partition coefficient (Wildman–Crippen LogP) is -0.507. The number of hydrogen-bond acceptors (Lipinski definition) is 4. The number of anilines is 1. The molecule has 1 aromatic rings. The fourth-order valence-corrected chi connectivity index (χ4v) is 1.68. The zero-order valence-electron chi connectivity index (χ0n) is 10.6. The van der Waals surface area contributed by atoms with Gasteiger partial charge in [0.25, 0.3) is 5.91 Å². The normalized spacial score (nSPS) is 11.6. The third-order valence-electron chi connectivity index (χ3n) is 2.29. The highest BCUT2D eigenvalue weighted by atomic mass is 32.2. The number of carbonyl (C=O) groups excluding carboxylic acids is 2. The number of nitrogen functional groups attached to an aromatic ring is 1. The van der Waals surface area contributed by atoms with Crippen LogP contribution in [0, 0.1) is 0 Å². The topological polar surface area (TPSA) is 101 Å². The van der Waals surface area contributed by atoms with E-state index in [-0.39, 0.29) is 18.4 Å². The van der Waals surface area contributed by atoms with Gasteiger partial charge in [-0.2, -0.15) is 0 Å². The van der Waals surface area contributed by atoms with E-state index in [0.717, 1.165) is 0 Å². The molecule has 4 N–H and O–H groups in total. The average molecular weight is 283 g/mol. The Morgan fingerprint density at radius 2 is 1.84 bits per heavy atom. The van der Waals surface area contributed by atoms with E-state index in [1.165, 1.54) is 0 Å². The highest BCUT2D eigenvalue weighted by Gasteiger charge is 2.07. The number of rotatable bonds is 6. The van der Waals surface area contributed by atoms with Crippen LogP contribution in [0.2, 0.25) is 0 Å². The maximum absolute atomic E-state index is 11.7. The average Bonchev–Trinajstić information content (AvgIpc) is 2.36. The van der Waals surface area contributed by atoms with Gasteiger partial charge < -0.3 is 16.4 Å². The minimum atomic E-state index is -0.941. The number of benzene rings is 1. The second-order valence-electron chi connectivity index (χ2n) is 3.93. The fourth-order valence-electron chi connectivity index (χ4n) is 1.29. The van der Waals surface area contributed by atoms with Crippen LogP contribution in [0.3, 0.4) is 0 Å². The molecular weight excluding hydrogens is 266 g/mol. The molecule has 0 aliphatic rings. The third kappa shape index (κ3) is 6.01. The van der Waals surface area contributed by atoms with E-state index in [0.29, 0.717) is 23.5 Å². The van der Waals surface area contributed by atoms with E-state index in [9.17, 15) is 13.8 Å². The van der Waals surface area contributed by atoms with Crippen LogP contribution in [-0.2, 0) is 15.6 Å². The van der Waals surface area contributed by atoms with Gasteiger partial charge in [-0.25, -0.2) is 0 Å². The van der Waals surface area contributed by atoms with Crippen molar-refractivity contribution in [2.75, 3.05) is 30.8 Å². The highest BCUT2D eigenvalue weighted by molar-refractivity contribution is 7.84. The molecule has 6 nitrogen and oxygen atoms in total. The van der Waals surface area contributed by atoms with Crippen LogP contribution in [0.5, 0.6) is 0 Å². The molecule has 1 unspecified atom stereocenters. The van der Waals surface area contributed by atoms with E-state index in [4.69, 9.17) is 5.73 Å². The molecule has 0 spiro atoms. The summed E-state index contributed by atoms with van der Waals surface area (Å²) in [7, 11) is -0.941. The maximum Gasteiger partial charge on any atom is 0.251 e. The molecule has 1 rings (SSSR count).